The number of rotatable bonds is 4. The zero-order valence-corrected chi connectivity index (χ0v) is 9.68. The minimum Gasteiger partial charge on any atom is -0.376 e. The van der Waals surface area contributed by atoms with E-state index in [0.29, 0.717) is 0 Å². The maximum atomic E-state index is 5.74. The average molecular weight is 197 g/mol. The molecule has 1 saturated carbocycles. The van der Waals surface area contributed by atoms with E-state index < -0.39 is 0 Å². The fourth-order valence-electron chi connectivity index (χ4n) is 2.49. The number of ether oxygens (including phenoxy) is 1. The largest absolute Gasteiger partial charge is 0.376 e. The first-order valence-corrected chi connectivity index (χ1v) is 5.53. The van der Waals surface area contributed by atoms with Crippen molar-refractivity contribution in [1.82, 2.24) is 5.32 Å². The third kappa shape index (κ3) is 2.18. The number of methoxy groups -OCH3 is 1. The molecule has 0 spiro atoms. The Kier molecular flexibility index (Phi) is 4.14. The van der Waals surface area contributed by atoms with Gasteiger partial charge >= 0.3 is 0 Å². The van der Waals surface area contributed by atoms with Gasteiger partial charge in [-0.05, 0) is 38.6 Å². The molecule has 0 aliphatic heterocycles. The minimum atomic E-state index is -0.0109. The second-order valence-corrected chi connectivity index (χ2v) is 4.45. The van der Waals surface area contributed by atoms with E-state index in [-0.39, 0.29) is 11.6 Å². The van der Waals surface area contributed by atoms with Crippen LogP contribution in [0.5, 0.6) is 0 Å². The van der Waals surface area contributed by atoms with Crippen LogP contribution in [0, 0.1) is 5.92 Å². The molecule has 2 heteroatoms. The van der Waals surface area contributed by atoms with Crippen LogP contribution in [0.25, 0.3) is 0 Å². The summed E-state index contributed by atoms with van der Waals surface area (Å²) < 4.78 is 5.74. The van der Waals surface area contributed by atoms with Crippen LogP contribution in [0.1, 0.15) is 32.6 Å². The van der Waals surface area contributed by atoms with Crippen LogP contribution >= 0.6 is 0 Å². The summed E-state index contributed by atoms with van der Waals surface area (Å²) in [6, 6.07) is 0.278. The first-order valence-electron chi connectivity index (χ1n) is 5.53. The zero-order chi connectivity index (χ0) is 10.6. The normalized spacial score (nSPS) is 35.2. The molecular formula is C12H23NO. The third-order valence-corrected chi connectivity index (χ3v) is 3.64. The first kappa shape index (κ1) is 11.7. The van der Waals surface area contributed by atoms with E-state index in [2.05, 4.69) is 18.8 Å². The van der Waals surface area contributed by atoms with Gasteiger partial charge in [-0.2, -0.15) is 0 Å². The van der Waals surface area contributed by atoms with Crippen LogP contribution in [-0.4, -0.2) is 25.8 Å². The van der Waals surface area contributed by atoms with Gasteiger partial charge in [0.15, 0.2) is 0 Å². The Bertz CT molecular complexity index is 183. The molecule has 1 N–H and O–H groups in total. The summed E-state index contributed by atoms with van der Waals surface area (Å²) in [5, 5.41) is 3.28. The highest BCUT2D eigenvalue weighted by molar-refractivity contribution is 5.03. The Labute approximate surface area is 87.7 Å². The number of nitrogens with one attached hydrogen (secondary N) is 1. The predicted molar refractivity (Wildman–Crippen MR) is 60.4 cm³/mol. The molecule has 1 unspecified atom stereocenters. The summed E-state index contributed by atoms with van der Waals surface area (Å²) in [6.45, 7) is 6.20. The molecule has 0 radical (unpaired) electrons. The number of hydrogen-bond donors (Lipinski definition) is 1. The lowest BCUT2D eigenvalue weighted by Gasteiger charge is -2.42. The average Bonchev–Trinajstić information content (AvgIpc) is 2.23. The van der Waals surface area contributed by atoms with Crippen LogP contribution in [0.15, 0.2) is 12.7 Å². The molecule has 0 aromatic rings. The lowest BCUT2D eigenvalue weighted by atomic mass is 9.75. The molecule has 14 heavy (non-hydrogen) atoms. The standard InChI is InChI=1S/C12H23NO/c1-5-11(13-3)12(14-4)8-6-10(2)7-9-12/h5,10-11,13H,1,6-9H2,2-4H3. The van der Waals surface area contributed by atoms with E-state index in [9.17, 15) is 0 Å². The topological polar surface area (TPSA) is 21.3 Å². The maximum absolute atomic E-state index is 5.74. The Morgan fingerprint density at radius 2 is 2.07 bits per heavy atom. The molecule has 0 heterocycles. The summed E-state index contributed by atoms with van der Waals surface area (Å²) in [7, 11) is 3.80. The molecule has 0 bridgehead atoms. The summed E-state index contributed by atoms with van der Waals surface area (Å²) in [6.07, 6.45) is 6.78. The van der Waals surface area contributed by atoms with Gasteiger partial charge in [-0.3, -0.25) is 0 Å². The van der Waals surface area contributed by atoms with Gasteiger partial charge in [-0.15, -0.1) is 6.58 Å². The van der Waals surface area contributed by atoms with Gasteiger partial charge in [0.25, 0.3) is 0 Å². The van der Waals surface area contributed by atoms with Gasteiger partial charge in [0.1, 0.15) is 0 Å². The molecule has 0 aromatic heterocycles. The van der Waals surface area contributed by atoms with Gasteiger partial charge in [0.05, 0.1) is 11.6 Å². The van der Waals surface area contributed by atoms with Crippen molar-refractivity contribution in [3.05, 3.63) is 12.7 Å². The molecule has 1 fully saturated rings. The van der Waals surface area contributed by atoms with Crippen molar-refractivity contribution in [3.8, 4) is 0 Å². The molecule has 1 atom stereocenters. The van der Waals surface area contributed by atoms with Gasteiger partial charge in [0, 0.05) is 7.11 Å². The van der Waals surface area contributed by atoms with Crippen molar-refractivity contribution >= 4 is 0 Å². The van der Waals surface area contributed by atoms with Crippen molar-refractivity contribution in [2.24, 2.45) is 5.92 Å². The predicted octanol–water partition coefficient (Wildman–Crippen LogP) is 2.36. The molecule has 0 aromatic carbocycles. The molecular weight excluding hydrogens is 174 g/mol. The molecule has 1 rings (SSSR count). The number of hydrogen-bond acceptors (Lipinski definition) is 2. The summed E-state index contributed by atoms with van der Waals surface area (Å²) in [4.78, 5) is 0. The molecule has 82 valence electrons. The molecule has 2 nitrogen and oxygen atoms in total. The summed E-state index contributed by atoms with van der Waals surface area (Å²) in [5.74, 6) is 0.848. The lowest BCUT2D eigenvalue weighted by Crippen LogP contribution is -2.51. The van der Waals surface area contributed by atoms with Crippen LogP contribution in [0.2, 0.25) is 0 Å². The third-order valence-electron chi connectivity index (χ3n) is 3.64. The van der Waals surface area contributed by atoms with Crippen molar-refractivity contribution in [3.63, 3.8) is 0 Å². The minimum absolute atomic E-state index is 0.0109. The first-order chi connectivity index (χ1) is 6.68. The Morgan fingerprint density at radius 1 is 1.50 bits per heavy atom. The van der Waals surface area contributed by atoms with Crippen molar-refractivity contribution in [2.45, 2.75) is 44.2 Å². The summed E-state index contributed by atoms with van der Waals surface area (Å²) >= 11 is 0. The van der Waals surface area contributed by atoms with Crippen molar-refractivity contribution in [1.29, 1.82) is 0 Å². The van der Waals surface area contributed by atoms with Gasteiger partial charge < -0.3 is 10.1 Å². The van der Waals surface area contributed by atoms with Crippen LogP contribution in [0.3, 0.4) is 0 Å². The molecule has 1 aliphatic carbocycles. The Morgan fingerprint density at radius 3 is 2.43 bits per heavy atom. The second-order valence-electron chi connectivity index (χ2n) is 4.45. The highest BCUT2D eigenvalue weighted by Crippen LogP contribution is 2.36. The lowest BCUT2D eigenvalue weighted by molar-refractivity contribution is -0.0622. The zero-order valence-electron chi connectivity index (χ0n) is 9.68. The van der Waals surface area contributed by atoms with E-state index in [0.717, 1.165) is 18.8 Å². The van der Waals surface area contributed by atoms with Crippen molar-refractivity contribution in [2.75, 3.05) is 14.2 Å². The van der Waals surface area contributed by atoms with Crippen molar-refractivity contribution < 1.29 is 4.74 Å². The molecule has 0 amide bonds. The van der Waals surface area contributed by atoms with E-state index in [1.165, 1.54) is 12.8 Å². The second kappa shape index (κ2) is 4.94. The van der Waals surface area contributed by atoms with Gasteiger partial charge in [-0.1, -0.05) is 13.0 Å². The number of likely N-dealkylation sites (N-methyl/N-ethyl adjacent to an activating group) is 1. The smallest absolute Gasteiger partial charge is 0.0866 e. The van der Waals surface area contributed by atoms with Gasteiger partial charge in [0.2, 0.25) is 0 Å². The quantitative estimate of drug-likeness (QED) is 0.699. The molecule has 1 aliphatic rings. The molecule has 0 saturated heterocycles. The van der Waals surface area contributed by atoms with E-state index in [4.69, 9.17) is 4.74 Å². The summed E-state index contributed by atoms with van der Waals surface area (Å²) in [5.41, 5.74) is -0.0109. The monoisotopic (exact) mass is 197 g/mol. The fourth-order valence-corrected chi connectivity index (χ4v) is 2.49. The van der Waals surface area contributed by atoms with Crippen LogP contribution < -0.4 is 5.32 Å². The van der Waals surface area contributed by atoms with E-state index in [1.54, 1.807) is 0 Å². The highest BCUT2D eigenvalue weighted by Gasteiger charge is 2.39. The van der Waals surface area contributed by atoms with Crippen LogP contribution in [0.4, 0.5) is 0 Å². The fraction of sp³-hybridized carbons (Fsp3) is 0.833. The maximum Gasteiger partial charge on any atom is 0.0866 e. The SMILES string of the molecule is C=CC(NC)C1(OC)CCC(C)CC1. The van der Waals surface area contributed by atoms with E-state index in [1.807, 2.05) is 20.2 Å². The Balaban J connectivity index is 2.70. The van der Waals surface area contributed by atoms with Crippen LogP contribution in [-0.2, 0) is 4.74 Å². The Hall–Kier alpha value is -0.340. The van der Waals surface area contributed by atoms with Gasteiger partial charge in [-0.25, -0.2) is 0 Å². The van der Waals surface area contributed by atoms with E-state index >= 15 is 0 Å². The highest BCUT2D eigenvalue weighted by atomic mass is 16.5.